The predicted molar refractivity (Wildman–Crippen MR) is 174 cm³/mol. The summed E-state index contributed by atoms with van der Waals surface area (Å²) in [5, 5.41) is 22.9. The van der Waals surface area contributed by atoms with Crippen molar-refractivity contribution in [3.63, 3.8) is 0 Å². The first-order chi connectivity index (χ1) is 20.9. The van der Waals surface area contributed by atoms with Gasteiger partial charge in [-0.1, -0.05) is 67.0 Å². The molecule has 8 nitrogen and oxygen atoms in total. The van der Waals surface area contributed by atoms with Gasteiger partial charge in [0.05, 0.1) is 21.5 Å². The number of carbonyl (C=O) groups is 1. The summed E-state index contributed by atoms with van der Waals surface area (Å²) < 4.78 is 6.12. The van der Waals surface area contributed by atoms with Crippen LogP contribution < -0.4 is 0 Å². The molecule has 4 saturated carbocycles. The Morgan fingerprint density at radius 2 is 1.47 bits per heavy atom. The van der Waals surface area contributed by atoms with Crippen molar-refractivity contribution >= 4 is 17.3 Å². The van der Waals surface area contributed by atoms with E-state index in [1.807, 2.05) is 0 Å². The number of fused-ring (bicyclic) bond motifs is 7. The molecule has 10 atom stereocenters. The summed E-state index contributed by atoms with van der Waals surface area (Å²) in [5.41, 5.74) is 1.20. The van der Waals surface area contributed by atoms with E-state index < -0.39 is 27.2 Å². The third-order valence-corrected chi connectivity index (χ3v) is 15.1. The van der Waals surface area contributed by atoms with Crippen LogP contribution in [0.2, 0.25) is 0 Å². The Morgan fingerprint density at radius 3 is 2.09 bits per heavy atom. The first-order valence-corrected chi connectivity index (χ1v) is 17.2. The van der Waals surface area contributed by atoms with E-state index in [1.165, 1.54) is 25.7 Å². The molecule has 0 heterocycles. The summed E-state index contributed by atoms with van der Waals surface area (Å²) in [6.45, 7) is 19.7. The van der Waals surface area contributed by atoms with Crippen molar-refractivity contribution in [3.05, 3.63) is 55.6 Å². The molecule has 246 valence electrons. The molecular weight excluding hydrogens is 568 g/mol. The fraction of sp³-hybridized carbons (Fsp3) is 0.757. The molecule has 0 radical (unpaired) electrons. The van der Waals surface area contributed by atoms with Gasteiger partial charge in [0.25, 0.3) is 11.4 Å². The second-order valence-electron chi connectivity index (χ2n) is 17.3. The Morgan fingerprint density at radius 1 is 0.822 bits per heavy atom. The van der Waals surface area contributed by atoms with Crippen molar-refractivity contribution in [1.29, 1.82) is 0 Å². The van der Waals surface area contributed by atoms with Gasteiger partial charge in [0.2, 0.25) is 0 Å². The van der Waals surface area contributed by atoms with Crippen molar-refractivity contribution in [1.82, 2.24) is 0 Å². The molecule has 0 aliphatic heterocycles. The van der Waals surface area contributed by atoms with E-state index in [4.69, 9.17) is 4.74 Å². The van der Waals surface area contributed by atoms with Gasteiger partial charge in [-0.05, 0) is 109 Å². The van der Waals surface area contributed by atoms with Crippen LogP contribution in [-0.4, -0.2) is 21.9 Å². The highest BCUT2D eigenvalue weighted by Gasteiger charge is 2.68. The number of nitro benzene ring substituents is 2. The van der Waals surface area contributed by atoms with Gasteiger partial charge in [0, 0.05) is 17.5 Å². The number of nitro groups is 2. The highest BCUT2D eigenvalue weighted by molar-refractivity contribution is 5.91. The Hall–Kier alpha value is -2.77. The molecule has 0 N–H and O–H groups in total. The van der Waals surface area contributed by atoms with Gasteiger partial charge in [-0.15, -0.1) is 0 Å². The van der Waals surface area contributed by atoms with Gasteiger partial charge in [0.1, 0.15) is 6.10 Å². The molecule has 0 saturated heterocycles. The highest BCUT2D eigenvalue weighted by atomic mass is 16.6. The minimum Gasteiger partial charge on any atom is -0.458 e. The van der Waals surface area contributed by atoms with E-state index in [0.29, 0.717) is 35.5 Å². The largest absolute Gasteiger partial charge is 0.458 e. The molecule has 4 fully saturated rings. The zero-order valence-corrected chi connectivity index (χ0v) is 28.5. The maximum absolute atomic E-state index is 13.4. The summed E-state index contributed by atoms with van der Waals surface area (Å²) in [5.74, 6) is 2.28. The second kappa shape index (κ2) is 10.4. The van der Waals surface area contributed by atoms with Crippen LogP contribution in [0.5, 0.6) is 0 Å². The molecule has 1 aromatic carbocycles. The first kappa shape index (κ1) is 32.2. The molecule has 0 bridgehead atoms. The summed E-state index contributed by atoms with van der Waals surface area (Å²) in [6, 6.07) is 3.03. The fourth-order valence-corrected chi connectivity index (χ4v) is 12.2. The lowest BCUT2D eigenvalue weighted by molar-refractivity contribution is -0.394. The zero-order valence-electron chi connectivity index (χ0n) is 28.5. The lowest BCUT2D eigenvalue weighted by Gasteiger charge is -2.71. The van der Waals surface area contributed by atoms with E-state index in [-0.39, 0.29) is 33.3 Å². The van der Waals surface area contributed by atoms with Crippen LogP contribution in [-0.2, 0) is 4.74 Å². The van der Waals surface area contributed by atoms with Crippen molar-refractivity contribution in [2.45, 2.75) is 119 Å². The first-order valence-electron chi connectivity index (χ1n) is 17.2. The summed E-state index contributed by atoms with van der Waals surface area (Å²) in [4.78, 5) is 34.8. The smallest absolute Gasteiger partial charge is 0.338 e. The molecule has 1 aromatic rings. The van der Waals surface area contributed by atoms with Gasteiger partial charge in [-0.25, -0.2) is 4.79 Å². The molecule has 0 aromatic heterocycles. The van der Waals surface area contributed by atoms with Crippen LogP contribution in [0.3, 0.4) is 0 Å². The number of ether oxygens (including phenoxy) is 1. The Labute approximate surface area is 268 Å². The summed E-state index contributed by atoms with van der Waals surface area (Å²) in [6.07, 6.45) is 12.6. The number of esters is 1. The molecule has 5 aliphatic carbocycles. The van der Waals surface area contributed by atoms with Gasteiger partial charge in [-0.2, -0.15) is 0 Å². The number of hydrogen-bond acceptors (Lipinski definition) is 6. The zero-order chi connectivity index (χ0) is 32.9. The normalized spacial score (nSPS) is 43.4. The average molecular weight is 621 g/mol. The predicted octanol–water partition coefficient (Wildman–Crippen LogP) is 9.71. The van der Waals surface area contributed by atoms with Crippen LogP contribution >= 0.6 is 0 Å². The van der Waals surface area contributed by atoms with E-state index in [0.717, 1.165) is 49.8 Å². The Balaban J connectivity index is 1.29. The van der Waals surface area contributed by atoms with Gasteiger partial charge < -0.3 is 4.74 Å². The van der Waals surface area contributed by atoms with Crippen LogP contribution in [0.15, 0.2) is 29.8 Å². The second-order valence-corrected chi connectivity index (χ2v) is 17.3. The van der Waals surface area contributed by atoms with Gasteiger partial charge in [0.15, 0.2) is 0 Å². The molecule has 5 aliphatic rings. The molecule has 0 amide bonds. The molecule has 45 heavy (non-hydrogen) atoms. The third kappa shape index (κ3) is 4.54. The van der Waals surface area contributed by atoms with Crippen molar-refractivity contribution in [2.75, 3.05) is 0 Å². The van der Waals surface area contributed by atoms with Crippen LogP contribution in [0.1, 0.15) is 124 Å². The van der Waals surface area contributed by atoms with Crippen molar-refractivity contribution in [3.8, 4) is 0 Å². The van der Waals surface area contributed by atoms with Crippen LogP contribution in [0.4, 0.5) is 11.4 Å². The minimum absolute atomic E-state index is 0.0843. The molecule has 0 spiro atoms. The van der Waals surface area contributed by atoms with E-state index in [2.05, 4.69) is 61.5 Å². The number of hydrogen-bond donors (Lipinski definition) is 0. The minimum atomic E-state index is -0.733. The molecule has 6 rings (SSSR count). The quantitative estimate of drug-likeness (QED) is 0.143. The molecule has 0 unspecified atom stereocenters. The van der Waals surface area contributed by atoms with Gasteiger partial charge >= 0.3 is 5.97 Å². The van der Waals surface area contributed by atoms with Crippen molar-refractivity contribution < 1.29 is 19.4 Å². The van der Waals surface area contributed by atoms with E-state index in [9.17, 15) is 25.0 Å². The van der Waals surface area contributed by atoms with Gasteiger partial charge in [-0.3, -0.25) is 20.2 Å². The Kier molecular flexibility index (Phi) is 7.41. The fourth-order valence-electron chi connectivity index (χ4n) is 12.2. The Bertz CT molecular complexity index is 1440. The summed E-state index contributed by atoms with van der Waals surface area (Å²) >= 11 is 0. The standard InChI is InChI=1S/C37H52N2O6/c1-22-11-14-34(5)17-18-36(7)27(31(34)23(22)2)9-10-29-35(6)15-13-30(33(3,4)28(35)12-16-37(29,36)8)45-32(40)24-19-25(38(41)42)21-26(20-24)39(43)44/h9,19-23,28-31H,10-18H2,1-8H3/t22-,23+,28+,29-,30+,31-,34+,35-,36-,37+/m1/s1. The number of rotatable bonds is 4. The van der Waals surface area contributed by atoms with E-state index >= 15 is 0 Å². The van der Waals surface area contributed by atoms with Crippen LogP contribution in [0.25, 0.3) is 0 Å². The summed E-state index contributed by atoms with van der Waals surface area (Å²) in [7, 11) is 0. The SMILES string of the molecule is C[C@H]1[C@H](C)CC[C@@]2(C)CC[C@]3(C)C(=CC[C@@H]4[C@]5(C)CC[C@H](OC(=O)c6cc([N+](=O)[O-])cc([N+](=O)[O-])c6)C(C)(C)[C@@H]5CC[C@@]43C)[C@@H]12. The number of allylic oxidation sites excluding steroid dienone is 2. The number of non-ortho nitro benzene ring substituents is 2. The third-order valence-electron chi connectivity index (χ3n) is 15.1. The number of benzene rings is 1. The lowest BCUT2D eigenvalue weighted by Crippen LogP contribution is -2.65. The van der Waals surface area contributed by atoms with Crippen molar-refractivity contribution in [2.24, 2.45) is 56.7 Å². The molecular formula is C37H52N2O6. The van der Waals surface area contributed by atoms with E-state index in [1.54, 1.807) is 5.57 Å². The topological polar surface area (TPSA) is 113 Å². The maximum Gasteiger partial charge on any atom is 0.338 e. The number of carbonyl (C=O) groups excluding carboxylic acids is 1. The van der Waals surface area contributed by atoms with Crippen LogP contribution in [0, 0.1) is 76.9 Å². The number of nitrogens with zero attached hydrogens (tertiary/aromatic N) is 2. The monoisotopic (exact) mass is 620 g/mol. The molecule has 8 heteroatoms. The average Bonchev–Trinajstić information content (AvgIpc) is 2.97. The highest BCUT2D eigenvalue weighted by Crippen LogP contribution is 2.75. The lowest BCUT2D eigenvalue weighted by atomic mass is 9.33. The maximum atomic E-state index is 13.4.